The normalized spacial score (nSPS) is 28.9. The summed E-state index contributed by atoms with van der Waals surface area (Å²) in [6.45, 7) is 0.381. The van der Waals surface area contributed by atoms with Crippen molar-refractivity contribution in [2.45, 2.75) is 51.0 Å². The fraction of sp³-hybridized carbons (Fsp3) is 0.733. The first kappa shape index (κ1) is 12.7. The van der Waals surface area contributed by atoms with Crippen molar-refractivity contribution in [3.63, 3.8) is 0 Å². The fourth-order valence-electron chi connectivity index (χ4n) is 3.14. The number of carbonyl (C=O) groups is 2. The Morgan fingerprint density at radius 3 is 2.58 bits per heavy atom. The van der Waals surface area contributed by atoms with Gasteiger partial charge in [0.2, 0.25) is 0 Å². The summed E-state index contributed by atoms with van der Waals surface area (Å²) in [4.78, 5) is 25.3. The highest BCUT2D eigenvalue weighted by Crippen LogP contribution is 2.33. The van der Waals surface area contributed by atoms with Gasteiger partial charge in [-0.2, -0.15) is 0 Å². The van der Waals surface area contributed by atoms with E-state index in [0.29, 0.717) is 18.4 Å². The van der Waals surface area contributed by atoms with Gasteiger partial charge in [0.1, 0.15) is 6.61 Å². The third kappa shape index (κ3) is 2.82. The van der Waals surface area contributed by atoms with Gasteiger partial charge in [0, 0.05) is 0 Å². The Morgan fingerprint density at radius 1 is 1.16 bits per heavy atom. The van der Waals surface area contributed by atoms with Crippen LogP contribution in [0, 0.1) is 11.8 Å². The van der Waals surface area contributed by atoms with Crippen molar-refractivity contribution in [3.8, 4) is 0 Å². The predicted molar refractivity (Wildman–Crippen MR) is 70.4 cm³/mol. The molecule has 2 aliphatic carbocycles. The van der Waals surface area contributed by atoms with E-state index >= 15 is 0 Å². The lowest BCUT2D eigenvalue weighted by molar-refractivity contribution is -0.125. The van der Waals surface area contributed by atoms with Crippen LogP contribution in [0.25, 0.3) is 0 Å². The molecule has 1 saturated heterocycles. The summed E-state index contributed by atoms with van der Waals surface area (Å²) in [6.07, 6.45) is 11.3. The SMILES string of the molecule is O=C(/C=C/C1CC1)N1C(=O)OCC1C1CCCCC1. The van der Waals surface area contributed by atoms with Crippen molar-refractivity contribution in [2.75, 3.05) is 6.61 Å². The van der Waals surface area contributed by atoms with Gasteiger partial charge >= 0.3 is 6.09 Å². The average Bonchev–Trinajstić information content (AvgIpc) is 3.19. The maximum Gasteiger partial charge on any atom is 0.417 e. The highest BCUT2D eigenvalue weighted by atomic mass is 16.6. The Morgan fingerprint density at radius 2 is 1.89 bits per heavy atom. The smallest absolute Gasteiger partial charge is 0.417 e. The monoisotopic (exact) mass is 263 g/mol. The first-order valence-electron chi connectivity index (χ1n) is 7.44. The third-order valence-corrected chi connectivity index (χ3v) is 4.47. The lowest BCUT2D eigenvalue weighted by atomic mass is 9.84. The molecule has 3 aliphatic rings. The first-order chi connectivity index (χ1) is 9.25. The van der Waals surface area contributed by atoms with Crippen molar-refractivity contribution < 1.29 is 14.3 Å². The van der Waals surface area contributed by atoms with Gasteiger partial charge in [0.15, 0.2) is 0 Å². The summed E-state index contributed by atoms with van der Waals surface area (Å²) in [5.74, 6) is 0.791. The van der Waals surface area contributed by atoms with Crippen LogP contribution in [0.2, 0.25) is 0 Å². The molecule has 1 atom stereocenters. The summed E-state index contributed by atoms with van der Waals surface area (Å²) in [5, 5.41) is 0. The third-order valence-electron chi connectivity index (χ3n) is 4.47. The van der Waals surface area contributed by atoms with Crippen LogP contribution in [0.3, 0.4) is 0 Å². The molecular weight excluding hydrogens is 242 g/mol. The second-order valence-corrected chi connectivity index (χ2v) is 5.95. The van der Waals surface area contributed by atoms with E-state index in [9.17, 15) is 9.59 Å². The molecule has 0 N–H and O–H groups in total. The van der Waals surface area contributed by atoms with Crippen molar-refractivity contribution in [1.82, 2.24) is 4.90 Å². The van der Waals surface area contributed by atoms with Crippen molar-refractivity contribution in [3.05, 3.63) is 12.2 Å². The lowest BCUT2D eigenvalue weighted by Gasteiger charge is -2.29. The highest BCUT2D eigenvalue weighted by molar-refractivity contribution is 5.99. The quantitative estimate of drug-likeness (QED) is 0.735. The summed E-state index contributed by atoms with van der Waals surface area (Å²) in [5.41, 5.74) is 0. The van der Waals surface area contributed by atoms with Gasteiger partial charge in [-0.3, -0.25) is 4.79 Å². The molecule has 19 heavy (non-hydrogen) atoms. The molecule has 1 aliphatic heterocycles. The van der Waals surface area contributed by atoms with Crippen LogP contribution < -0.4 is 0 Å². The number of ether oxygens (including phenoxy) is 1. The number of rotatable bonds is 3. The van der Waals surface area contributed by atoms with Crippen LogP contribution in [0.15, 0.2) is 12.2 Å². The number of cyclic esters (lactones) is 1. The molecular formula is C15H21NO3. The minimum absolute atomic E-state index is 0.0378. The van der Waals surface area contributed by atoms with Crippen LogP contribution in [0.1, 0.15) is 44.9 Å². The van der Waals surface area contributed by atoms with E-state index in [2.05, 4.69) is 0 Å². The van der Waals surface area contributed by atoms with E-state index in [-0.39, 0.29) is 11.9 Å². The van der Waals surface area contributed by atoms with Crippen LogP contribution in [-0.2, 0) is 9.53 Å². The Hall–Kier alpha value is -1.32. The minimum Gasteiger partial charge on any atom is -0.447 e. The molecule has 0 aromatic carbocycles. The number of nitrogens with zero attached hydrogens (tertiary/aromatic N) is 1. The van der Waals surface area contributed by atoms with Gasteiger partial charge in [-0.25, -0.2) is 9.69 Å². The lowest BCUT2D eigenvalue weighted by Crippen LogP contribution is -2.43. The van der Waals surface area contributed by atoms with Gasteiger partial charge in [0.25, 0.3) is 5.91 Å². The molecule has 1 heterocycles. The second kappa shape index (κ2) is 5.35. The molecule has 1 unspecified atom stereocenters. The number of imide groups is 1. The number of amides is 2. The Balaban J connectivity index is 1.68. The second-order valence-electron chi connectivity index (χ2n) is 5.95. The Bertz CT molecular complexity index is 394. The molecule has 2 saturated carbocycles. The molecule has 4 heteroatoms. The van der Waals surface area contributed by atoms with E-state index < -0.39 is 6.09 Å². The standard InChI is InChI=1S/C15H21NO3/c17-14(9-8-11-6-7-11)16-13(10-19-15(16)18)12-4-2-1-3-5-12/h8-9,11-13H,1-7,10H2/b9-8+. The van der Waals surface area contributed by atoms with Crippen LogP contribution in [-0.4, -0.2) is 29.5 Å². The molecule has 3 rings (SSSR count). The number of hydrogen-bond donors (Lipinski definition) is 0. The van der Waals surface area contributed by atoms with E-state index in [1.165, 1.54) is 37.0 Å². The van der Waals surface area contributed by atoms with Gasteiger partial charge in [0.05, 0.1) is 6.04 Å². The topological polar surface area (TPSA) is 46.6 Å². The van der Waals surface area contributed by atoms with Gasteiger partial charge in [-0.05, 0) is 43.6 Å². The van der Waals surface area contributed by atoms with Gasteiger partial charge in [-0.1, -0.05) is 25.3 Å². The molecule has 0 bridgehead atoms. The molecule has 0 radical (unpaired) electrons. The van der Waals surface area contributed by atoms with Crippen molar-refractivity contribution in [2.24, 2.45) is 11.8 Å². The molecule has 0 spiro atoms. The molecule has 0 aromatic rings. The first-order valence-corrected chi connectivity index (χ1v) is 7.44. The zero-order valence-corrected chi connectivity index (χ0v) is 11.2. The molecule has 3 fully saturated rings. The number of allylic oxidation sites excluding steroid dienone is 1. The average molecular weight is 263 g/mol. The minimum atomic E-state index is -0.457. The predicted octanol–water partition coefficient (Wildman–Crippen LogP) is 2.88. The maximum absolute atomic E-state index is 12.2. The fourth-order valence-corrected chi connectivity index (χ4v) is 3.14. The van der Waals surface area contributed by atoms with Crippen molar-refractivity contribution in [1.29, 1.82) is 0 Å². The van der Waals surface area contributed by atoms with Crippen LogP contribution >= 0.6 is 0 Å². The largest absolute Gasteiger partial charge is 0.447 e. The number of carbonyl (C=O) groups excluding carboxylic acids is 2. The van der Waals surface area contributed by atoms with E-state index in [1.807, 2.05) is 6.08 Å². The summed E-state index contributed by atoms with van der Waals surface area (Å²) in [7, 11) is 0. The van der Waals surface area contributed by atoms with E-state index in [1.54, 1.807) is 6.08 Å². The Labute approximate surface area is 113 Å². The highest BCUT2D eigenvalue weighted by Gasteiger charge is 2.41. The van der Waals surface area contributed by atoms with Gasteiger partial charge in [-0.15, -0.1) is 0 Å². The molecule has 4 nitrogen and oxygen atoms in total. The van der Waals surface area contributed by atoms with E-state index in [0.717, 1.165) is 12.8 Å². The number of hydrogen-bond acceptors (Lipinski definition) is 3. The van der Waals surface area contributed by atoms with E-state index in [4.69, 9.17) is 4.74 Å². The van der Waals surface area contributed by atoms with Crippen LogP contribution in [0.5, 0.6) is 0 Å². The zero-order chi connectivity index (χ0) is 13.2. The summed E-state index contributed by atoms with van der Waals surface area (Å²) >= 11 is 0. The molecule has 0 aromatic heterocycles. The molecule has 2 amide bonds. The summed E-state index contributed by atoms with van der Waals surface area (Å²) < 4.78 is 5.11. The Kier molecular flexibility index (Phi) is 3.58. The molecule has 104 valence electrons. The zero-order valence-electron chi connectivity index (χ0n) is 11.2. The van der Waals surface area contributed by atoms with Gasteiger partial charge < -0.3 is 4.74 Å². The summed E-state index contributed by atoms with van der Waals surface area (Å²) in [6, 6.07) is -0.0378. The van der Waals surface area contributed by atoms with Crippen LogP contribution in [0.4, 0.5) is 4.79 Å². The maximum atomic E-state index is 12.2. The van der Waals surface area contributed by atoms with Crippen molar-refractivity contribution >= 4 is 12.0 Å².